The maximum absolute atomic E-state index is 12.2. The average molecular weight is 321 g/mol. The van der Waals surface area contributed by atoms with Crippen molar-refractivity contribution in [3.05, 3.63) is 28.8 Å². The molecule has 0 radical (unpaired) electrons. The van der Waals surface area contributed by atoms with Crippen LogP contribution >= 0.6 is 11.6 Å². The molecule has 2 rings (SSSR count). The molecule has 1 aliphatic rings. The first-order valence-corrected chi connectivity index (χ1v) is 7.67. The van der Waals surface area contributed by atoms with Crippen molar-refractivity contribution in [1.82, 2.24) is 0 Å². The Morgan fingerprint density at radius 3 is 2.60 bits per heavy atom. The van der Waals surface area contributed by atoms with Crippen LogP contribution in [0.3, 0.4) is 0 Å². The van der Waals surface area contributed by atoms with Crippen molar-refractivity contribution in [2.45, 2.75) is 16.2 Å². The molecular weight excluding hydrogens is 308 g/mol. The predicted octanol–water partition coefficient (Wildman–Crippen LogP) is 0.719. The van der Waals surface area contributed by atoms with Crippen LogP contribution in [0.25, 0.3) is 0 Å². The molecule has 1 unspecified atom stereocenters. The molecule has 1 heterocycles. The zero-order valence-electron chi connectivity index (χ0n) is 10.6. The van der Waals surface area contributed by atoms with Crippen LogP contribution in [0, 0.1) is 0 Å². The molecule has 6 nitrogen and oxygen atoms in total. The Labute approximate surface area is 121 Å². The summed E-state index contributed by atoms with van der Waals surface area (Å²) in [7, 11) is -2.41. The van der Waals surface area contributed by atoms with E-state index < -0.39 is 27.2 Å². The highest BCUT2D eigenvalue weighted by Crippen LogP contribution is 2.30. The normalized spacial score (nSPS) is 17.4. The van der Waals surface area contributed by atoms with Crippen LogP contribution < -0.4 is 0 Å². The highest BCUT2D eigenvalue weighted by molar-refractivity contribution is 7.92. The number of methoxy groups -OCH3 is 1. The molecule has 1 saturated heterocycles. The van der Waals surface area contributed by atoms with Gasteiger partial charge in [-0.2, -0.15) is 0 Å². The lowest BCUT2D eigenvalue weighted by Crippen LogP contribution is -2.40. The Hall–Kier alpha value is -1.15. The molecule has 0 amide bonds. The van der Waals surface area contributed by atoms with Gasteiger partial charge in [-0.25, -0.2) is 13.2 Å². The van der Waals surface area contributed by atoms with Gasteiger partial charge in [-0.1, -0.05) is 17.7 Å². The highest BCUT2D eigenvalue weighted by atomic mass is 35.5. The molecule has 0 saturated carbocycles. The van der Waals surface area contributed by atoms with Gasteiger partial charge in [0, 0.05) is 0 Å². The van der Waals surface area contributed by atoms with E-state index in [9.17, 15) is 18.3 Å². The summed E-state index contributed by atoms with van der Waals surface area (Å²) >= 11 is 5.95. The fourth-order valence-corrected chi connectivity index (χ4v) is 3.75. The van der Waals surface area contributed by atoms with Crippen LogP contribution in [0.1, 0.15) is 11.7 Å². The Morgan fingerprint density at radius 1 is 1.50 bits per heavy atom. The number of esters is 1. The van der Waals surface area contributed by atoms with Gasteiger partial charge in [0.2, 0.25) is 0 Å². The Bertz CT molecular complexity index is 623. The quantitative estimate of drug-likeness (QED) is 0.822. The summed E-state index contributed by atoms with van der Waals surface area (Å²) in [5.74, 6) is -0.843. The summed E-state index contributed by atoms with van der Waals surface area (Å²) in [6, 6.07) is 3.85. The van der Waals surface area contributed by atoms with Gasteiger partial charge in [-0.05, 0) is 17.7 Å². The second-order valence-corrected chi connectivity index (χ2v) is 6.92. The van der Waals surface area contributed by atoms with Gasteiger partial charge in [-0.3, -0.25) is 0 Å². The van der Waals surface area contributed by atoms with E-state index in [2.05, 4.69) is 4.74 Å². The number of carbonyl (C=O) groups excluding carboxylic acids is 1. The number of aliphatic hydroxyl groups excluding tert-OH is 1. The second-order valence-electron chi connectivity index (χ2n) is 4.32. The zero-order valence-corrected chi connectivity index (χ0v) is 12.1. The molecule has 1 aliphatic heterocycles. The minimum absolute atomic E-state index is 0.0340. The third-order valence-electron chi connectivity index (χ3n) is 3.05. The molecule has 1 aromatic rings. The lowest BCUT2D eigenvalue weighted by atomic mass is 10.1. The topological polar surface area (TPSA) is 89.9 Å². The van der Waals surface area contributed by atoms with Gasteiger partial charge in [0.05, 0.1) is 30.2 Å². The lowest BCUT2D eigenvalue weighted by molar-refractivity contribution is -0.150. The van der Waals surface area contributed by atoms with Crippen LogP contribution in [0.5, 0.6) is 0 Å². The van der Waals surface area contributed by atoms with Crippen molar-refractivity contribution < 1.29 is 27.8 Å². The van der Waals surface area contributed by atoms with E-state index >= 15 is 0 Å². The minimum Gasteiger partial charge on any atom is -0.467 e. The van der Waals surface area contributed by atoms with E-state index in [0.717, 1.165) is 7.11 Å². The molecule has 110 valence electrons. The van der Waals surface area contributed by atoms with Crippen molar-refractivity contribution in [3.8, 4) is 0 Å². The van der Waals surface area contributed by atoms with E-state index in [1.54, 1.807) is 0 Å². The maximum atomic E-state index is 12.2. The number of carbonyl (C=O) groups is 1. The zero-order chi connectivity index (χ0) is 14.9. The Kier molecular flexibility index (Phi) is 4.33. The first-order valence-electron chi connectivity index (χ1n) is 5.75. The smallest absolute Gasteiger partial charge is 0.339 e. The van der Waals surface area contributed by atoms with Crippen molar-refractivity contribution in [1.29, 1.82) is 0 Å². The average Bonchev–Trinajstić information content (AvgIpc) is 2.33. The van der Waals surface area contributed by atoms with Crippen molar-refractivity contribution in [3.63, 3.8) is 0 Å². The Balaban J connectivity index is 2.33. The standard InChI is InChI=1S/C12H13ClO6S/c1-18-12(15)11(14)7-2-3-10(9(13)4-7)20(16,17)8-5-19-6-8/h2-4,8,11,14H,5-6H2,1H3. The third kappa shape index (κ3) is 2.67. The number of benzene rings is 1. The lowest BCUT2D eigenvalue weighted by Gasteiger charge is -2.26. The van der Waals surface area contributed by atoms with Crippen LogP contribution in [-0.4, -0.2) is 45.1 Å². The summed E-state index contributed by atoms with van der Waals surface area (Å²) < 4.78 is 33.6. The highest BCUT2D eigenvalue weighted by Gasteiger charge is 2.35. The van der Waals surface area contributed by atoms with Gasteiger partial charge >= 0.3 is 5.97 Å². The van der Waals surface area contributed by atoms with Crippen LogP contribution in [0.2, 0.25) is 5.02 Å². The first kappa shape index (κ1) is 15.2. The van der Waals surface area contributed by atoms with Gasteiger partial charge in [-0.15, -0.1) is 0 Å². The number of halogens is 1. The fourth-order valence-electron chi connectivity index (χ4n) is 1.74. The summed E-state index contributed by atoms with van der Waals surface area (Å²) in [5, 5.41) is 9.03. The number of aliphatic hydroxyl groups is 1. The number of rotatable bonds is 4. The molecule has 1 atom stereocenters. The maximum Gasteiger partial charge on any atom is 0.339 e. The molecule has 1 aromatic carbocycles. The van der Waals surface area contributed by atoms with E-state index in [1.165, 1.54) is 18.2 Å². The van der Waals surface area contributed by atoms with Crippen LogP contribution in [0.4, 0.5) is 0 Å². The van der Waals surface area contributed by atoms with Gasteiger partial charge in [0.25, 0.3) is 0 Å². The minimum atomic E-state index is -3.56. The number of sulfone groups is 1. The SMILES string of the molecule is COC(=O)C(O)c1ccc(S(=O)(=O)C2COC2)c(Cl)c1. The van der Waals surface area contributed by atoms with Gasteiger partial charge < -0.3 is 14.6 Å². The number of hydrogen-bond acceptors (Lipinski definition) is 6. The third-order valence-corrected chi connectivity index (χ3v) is 5.59. The van der Waals surface area contributed by atoms with Crippen LogP contribution in [0.15, 0.2) is 23.1 Å². The van der Waals surface area contributed by atoms with Gasteiger partial charge in [0.1, 0.15) is 5.25 Å². The molecule has 0 spiro atoms. The van der Waals surface area contributed by atoms with Crippen molar-refractivity contribution in [2.75, 3.05) is 20.3 Å². The molecule has 1 N–H and O–H groups in total. The van der Waals surface area contributed by atoms with E-state index in [1.807, 2.05) is 0 Å². The summed E-state index contributed by atoms with van der Waals surface area (Å²) in [5.41, 5.74) is 0.172. The number of hydrogen-bond donors (Lipinski definition) is 1. The molecule has 1 fully saturated rings. The molecule has 0 bridgehead atoms. The molecule has 20 heavy (non-hydrogen) atoms. The molecule has 8 heteroatoms. The van der Waals surface area contributed by atoms with Crippen molar-refractivity contribution >= 4 is 27.4 Å². The summed E-state index contributed by atoms with van der Waals surface area (Å²) in [6.07, 6.45) is -1.50. The van der Waals surface area contributed by atoms with E-state index in [0.29, 0.717) is 0 Å². The predicted molar refractivity (Wildman–Crippen MR) is 70.2 cm³/mol. The summed E-state index contributed by atoms with van der Waals surface area (Å²) in [4.78, 5) is 11.2. The second kappa shape index (κ2) is 5.69. The molecular formula is C12H13ClO6S. The largest absolute Gasteiger partial charge is 0.467 e. The number of ether oxygens (including phenoxy) is 2. The first-order chi connectivity index (χ1) is 9.37. The summed E-state index contributed by atoms with van der Waals surface area (Å²) in [6.45, 7) is 0.288. The Morgan fingerprint density at radius 2 is 2.15 bits per heavy atom. The molecule has 0 aromatic heterocycles. The van der Waals surface area contributed by atoms with Crippen LogP contribution in [-0.2, 0) is 24.1 Å². The van der Waals surface area contributed by atoms with E-state index in [4.69, 9.17) is 16.3 Å². The monoisotopic (exact) mass is 320 g/mol. The molecule has 0 aliphatic carbocycles. The van der Waals surface area contributed by atoms with E-state index in [-0.39, 0.29) is 28.7 Å². The fraction of sp³-hybridized carbons (Fsp3) is 0.417. The van der Waals surface area contributed by atoms with Gasteiger partial charge in [0.15, 0.2) is 15.9 Å². The van der Waals surface area contributed by atoms with Crippen molar-refractivity contribution in [2.24, 2.45) is 0 Å².